The fourth-order valence-corrected chi connectivity index (χ4v) is 2.94. The van der Waals surface area contributed by atoms with Crippen LogP contribution in [-0.4, -0.2) is 51.2 Å². The van der Waals surface area contributed by atoms with E-state index < -0.39 is 18.1 Å². The second kappa shape index (κ2) is 7.32. The molecule has 0 amide bonds. The number of halogens is 4. The molecule has 0 aromatic carbocycles. The zero-order valence-electron chi connectivity index (χ0n) is 14.6. The van der Waals surface area contributed by atoms with Crippen LogP contribution in [0.5, 0.6) is 0 Å². The van der Waals surface area contributed by atoms with Crippen LogP contribution < -0.4 is 5.32 Å². The maximum atomic E-state index is 14.6. The third-order valence-electron chi connectivity index (χ3n) is 4.18. The molecule has 10 heteroatoms. The van der Waals surface area contributed by atoms with E-state index in [4.69, 9.17) is 4.74 Å². The molecule has 0 aliphatic carbocycles. The van der Waals surface area contributed by atoms with Crippen molar-refractivity contribution in [2.24, 2.45) is 0 Å². The van der Waals surface area contributed by atoms with E-state index in [1.165, 1.54) is 10.7 Å². The highest BCUT2D eigenvalue weighted by molar-refractivity contribution is 5.59. The highest BCUT2D eigenvalue weighted by Crippen LogP contribution is 2.27. The average Bonchev–Trinajstić information content (AvgIpc) is 2.86. The number of nitrogens with zero attached hydrogens (tertiary/aromatic N) is 3. The van der Waals surface area contributed by atoms with Crippen LogP contribution >= 0.6 is 0 Å². The number of rotatable bonds is 3. The number of hydrogen-bond donors (Lipinski definition) is 2. The summed E-state index contributed by atoms with van der Waals surface area (Å²) < 4.78 is 58.3. The van der Waals surface area contributed by atoms with Crippen LogP contribution in [0.3, 0.4) is 0 Å². The Balaban J connectivity index is 2.04. The Kier molecular flexibility index (Phi) is 5.26. The van der Waals surface area contributed by atoms with Gasteiger partial charge >= 0.3 is 6.18 Å². The van der Waals surface area contributed by atoms with Gasteiger partial charge in [0.1, 0.15) is 5.52 Å². The van der Waals surface area contributed by atoms with Gasteiger partial charge in [-0.25, -0.2) is 13.9 Å². The quantitative estimate of drug-likeness (QED) is 0.627. The molecule has 2 N–H and O–H groups in total. The van der Waals surface area contributed by atoms with Crippen LogP contribution in [-0.2, 0) is 4.74 Å². The van der Waals surface area contributed by atoms with E-state index in [9.17, 15) is 22.7 Å². The van der Waals surface area contributed by atoms with E-state index in [2.05, 4.69) is 15.4 Å². The molecule has 3 rings (SSSR count). The number of ether oxygens (including phenoxy) is 1. The van der Waals surface area contributed by atoms with Gasteiger partial charge in [0.05, 0.1) is 36.2 Å². The summed E-state index contributed by atoms with van der Waals surface area (Å²) in [5, 5.41) is 17.1. The summed E-state index contributed by atoms with van der Waals surface area (Å²) in [4.78, 5) is 4.01. The van der Waals surface area contributed by atoms with E-state index in [0.717, 1.165) is 5.92 Å². The number of hydrogen-bond acceptors (Lipinski definition) is 5. The van der Waals surface area contributed by atoms with Gasteiger partial charge in [-0.15, -0.1) is 5.10 Å². The Hall–Kier alpha value is -2.38. The molecule has 2 aromatic heterocycles. The smallest absolute Gasteiger partial charge is 0.389 e. The minimum atomic E-state index is -4.73. The molecule has 0 radical (unpaired) electrons. The van der Waals surface area contributed by atoms with Gasteiger partial charge in [-0.05, 0) is 12.3 Å². The van der Waals surface area contributed by atoms with Crippen molar-refractivity contribution in [2.45, 2.75) is 44.5 Å². The Bertz CT molecular complexity index is 898. The molecule has 1 aliphatic heterocycles. The Morgan fingerprint density at radius 1 is 1.41 bits per heavy atom. The summed E-state index contributed by atoms with van der Waals surface area (Å²) in [6.45, 7) is 4.05. The van der Waals surface area contributed by atoms with E-state index in [-0.39, 0.29) is 41.3 Å². The molecule has 27 heavy (non-hydrogen) atoms. The van der Waals surface area contributed by atoms with Crippen LogP contribution in [0.4, 0.5) is 23.5 Å². The van der Waals surface area contributed by atoms with E-state index >= 15 is 0 Å². The van der Waals surface area contributed by atoms with Crippen LogP contribution in [0.25, 0.3) is 5.52 Å². The van der Waals surface area contributed by atoms with Crippen LogP contribution in [0.2, 0.25) is 0 Å². The number of anilines is 1. The number of aliphatic hydroxyl groups excluding tert-OH is 1. The first-order valence-electron chi connectivity index (χ1n) is 8.36. The minimum absolute atomic E-state index is 0.0664. The molecule has 0 saturated carbocycles. The monoisotopic (exact) mass is 386 g/mol. The van der Waals surface area contributed by atoms with E-state index in [1.54, 1.807) is 13.8 Å². The van der Waals surface area contributed by atoms with Gasteiger partial charge in [0, 0.05) is 12.5 Å². The highest BCUT2D eigenvalue weighted by atomic mass is 19.4. The maximum absolute atomic E-state index is 14.6. The molecule has 3 heterocycles. The lowest BCUT2D eigenvalue weighted by molar-refractivity contribution is -0.0696. The molecular formula is C17H18F4N4O2. The van der Waals surface area contributed by atoms with Crippen molar-refractivity contribution in [3.8, 4) is 11.8 Å². The lowest BCUT2D eigenvalue weighted by Gasteiger charge is -2.28. The predicted octanol–water partition coefficient (Wildman–Crippen LogP) is 2.47. The highest BCUT2D eigenvalue weighted by Gasteiger charge is 2.27. The summed E-state index contributed by atoms with van der Waals surface area (Å²) in [6, 6.07) is -0.344. The molecule has 146 valence electrons. The number of nitrogens with one attached hydrogen (secondary N) is 1. The molecule has 6 nitrogen and oxygen atoms in total. The van der Waals surface area contributed by atoms with Crippen molar-refractivity contribution in [2.75, 3.05) is 18.5 Å². The predicted molar refractivity (Wildman–Crippen MR) is 88.8 cm³/mol. The topological polar surface area (TPSA) is 71.7 Å². The number of alkyl halides is 3. The average molecular weight is 386 g/mol. The Morgan fingerprint density at radius 3 is 2.78 bits per heavy atom. The van der Waals surface area contributed by atoms with Gasteiger partial charge in [-0.2, -0.15) is 13.2 Å². The van der Waals surface area contributed by atoms with E-state index in [0.29, 0.717) is 13.0 Å². The molecule has 0 bridgehead atoms. The summed E-state index contributed by atoms with van der Waals surface area (Å²) in [7, 11) is 0. The summed E-state index contributed by atoms with van der Waals surface area (Å²) in [6.07, 6.45) is -3.77. The van der Waals surface area contributed by atoms with Gasteiger partial charge in [0.2, 0.25) is 5.95 Å². The van der Waals surface area contributed by atoms with Crippen molar-refractivity contribution < 1.29 is 27.4 Å². The number of aromatic nitrogens is 3. The molecule has 0 spiro atoms. The molecular weight excluding hydrogens is 368 g/mol. The van der Waals surface area contributed by atoms with E-state index in [1.807, 2.05) is 5.92 Å². The lowest BCUT2D eigenvalue weighted by atomic mass is 10.1. The van der Waals surface area contributed by atoms with Crippen molar-refractivity contribution in [1.82, 2.24) is 14.6 Å². The minimum Gasteiger partial charge on any atom is -0.389 e. The van der Waals surface area contributed by atoms with Gasteiger partial charge in [0.25, 0.3) is 0 Å². The zero-order chi connectivity index (χ0) is 19.8. The van der Waals surface area contributed by atoms with Crippen LogP contribution in [0, 0.1) is 17.7 Å². The van der Waals surface area contributed by atoms with Crippen molar-refractivity contribution in [3.05, 3.63) is 23.3 Å². The molecule has 1 aliphatic rings. The van der Waals surface area contributed by atoms with Crippen molar-refractivity contribution in [1.29, 1.82) is 0 Å². The molecule has 1 saturated heterocycles. The maximum Gasteiger partial charge on any atom is 0.458 e. The fraction of sp³-hybridized carbons (Fsp3) is 0.529. The third kappa shape index (κ3) is 4.14. The summed E-state index contributed by atoms with van der Waals surface area (Å²) in [5.41, 5.74) is -0.194. The SMILES string of the molecule is CC(C)c1c(C#CC(F)(F)F)c(F)c2cnc(N[C@@H]3CCOC[C@H]3O)nn12. The first-order chi connectivity index (χ1) is 12.7. The molecule has 0 unspecified atom stereocenters. The normalized spacial score (nSPS) is 20.6. The summed E-state index contributed by atoms with van der Waals surface area (Å²) in [5.74, 6) is 1.89. The first-order valence-corrected chi connectivity index (χ1v) is 8.36. The first kappa shape index (κ1) is 19.4. The lowest BCUT2D eigenvalue weighted by Crippen LogP contribution is -2.42. The Labute approximate surface area is 152 Å². The van der Waals surface area contributed by atoms with Gasteiger partial charge < -0.3 is 15.2 Å². The van der Waals surface area contributed by atoms with Gasteiger partial charge in [0.15, 0.2) is 5.82 Å². The van der Waals surface area contributed by atoms with Gasteiger partial charge in [-0.1, -0.05) is 19.8 Å². The molecule has 2 atom stereocenters. The zero-order valence-corrected chi connectivity index (χ0v) is 14.6. The standard InChI is InChI=1S/C17H18F4N4O2/c1-9(2)15-10(3-5-17(19,20)21)14(18)12-7-22-16(24-25(12)15)23-11-4-6-27-8-13(11)26/h7,9,11,13,26H,4,6,8H2,1-2H3,(H,23,24)/t11-,13-/m1/s1. The van der Waals surface area contributed by atoms with Gasteiger partial charge in [-0.3, -0.25) is 0 Å². The molecule has 1 fully saturated rings. The largest absolute Gasteiger partial charge is 0.458 e. The number of aliphatic hydroxyl groups is 1. The van der Waals surface area contributed by atoms with Crippen LogP contribution in [0.1, 0.15) is 37.4 Å². The Morgan fingerprint density at radius 2 is 2.15 bits per heavy atom. The molecule has 2 aromatic rings. The second-order valence-electron chi connectivity index (χ2n) is 6.54. The van der Waals surface area contributed by atoms with Crippen molar-refractivity contribution >= 4 is 11.5 Å². The number of fused-ring (bicyclic) bond motifs is 1. The van der Waals surface area contributed by atoms with Crippen molar-refractivity contribution in [3.63, 3.8) is 0 Å². The second-order valence-corrected chi connectivity index (χ2v) is 6.54. The third-order valence-corrected chi connectivity index (χ3v) is 4.18. The summed E-state index contributed by atoms with van der Waals surface area (Å²) >= 11 is 0. The van der Waals surface area contributed by atoms with Crippen LogP contribution in [0.15, 0.2) is 6.20 Å². The fourth-order valence-electron chi connectivity index (χ4n) is 2.94.